The highest BCUT2D eigenvalue weighted by atomic mass is 35.5. The maximum atomic E-state index is 5.90. The zero-order valence-electron chi connectivity index (χ0n) is 9.11. The zero-order valence-corrected chi connectivity index (χ0v) is 9.87. The summed E-state index contributed by atoms with van der Waals surface area (Å²) in [6.45, 7) is 1.52. The number of imidazole rings is 1. The van der Waals surface area contributed by atoms with Crippen LogP contribution >= 0.6 is 11.6 Å². The van der Waals surface area contributed by atoms with Crippen LogP contribution in [-0.4, -0.2) is 23.3 Å². The average Bonchev–Trinajstić information content (AvgIpc) is 2.55. The van der Waals surface area contributed by atoms with Crippen molar-refractivity contribution in [3.63, 3.8) is 0 Å². The molecule has 0 fully saturated rings. The van der Waals surface area contributed by atoms with E-state index in [2.05, 4.69) is 4.98 Å². The summed E-state index contributed by atoms with van der Waals surface area (Å²) < 4.78 is 6.99. The van der Waals surface area contributed by atoms with Crippen LogP contribution in [0.4, 0.5) is 5.95 Å². The summed E-state index contributed by atoms with van der Waals surface area (Å²) in [6, 6.07) is 5.60. The van der Waals surface area contributed by atoms with Crippen molar-refractivity contribution in [2.45, 2.75) is 13.0 Å². The van der Waals surface area contributed by atoms with Crippen molar-refractivity contribution < 1.29 is 4.74 Å². The van der Waals surface area contributed by atoms with Crippen LogP contribution in [0.1, 0.15) is 6.42 Å². The number of aryl methyl sites for hydroxylation is 1. The largest absolute Gasteiger partial charge is 0.385 e. The van der Waals surface area contributed by atoms with E-state index < -0.39 is 0 Å². The Morgan fingerprint density at radius 1 is 1.50 bits per heavy atom. The minimum Gasteiger partial charge on any atom is -0.385 e. The van der Waals surface area contributed by atoms with Gasteiger partial charge in [-0.3, -0.25) is 0 Å². The Labute approximate surface area is 99.0 Å². The molecule has 0 bridgehead atoms. The van der Waals surface area contributed by atoms with Crippen LogP contribution in [-0.2, 0) is 11.3 Å². The molecule has 0 aliphatic rings. The van der Waals surface area contributed by atoms with E-state index >= 15 is 0 Å². The second-order valence-corrected chi connectivity index (χ2v) is 4.04. The Hall–Kier alpha value is -1.26. The van der Waals surface area contributed by atoms with Gasteiger partial charge in [-0.2, -0.15) is 0 Å². The summed E-state index contributed by atoms with van der Waals surface area (Å²) in [5, 5.41) is 0.675. The molecular formula is C11H14ClN3O. The first-order chi connectivity index (χ1) is 7.72. The molecule has 1 aromatic heterocycles. The Balaban J connectivity index is 2.32. The van der Waals surface area contributed by atoms with Crippen LogP contribution in [0.15, 0.2) is 18.2 Å². The molecule has 0 unspecified atom stereocenters. The molecule has 0 aliphatic heterocycles. The SMILES string of the molecule is COCCCn1c(N)nc2cc(Cl)ccc21. The van der Waals surface area contributed by atoms with Gasteiger partial charge in [0.05, 0.1) is 11.0 Å². The third-order valence-electron chi connectivity index (χ3n) is 2.47. The van der Waals surface area contributed by atoms with Crippen LogP contribution in [0.25, 0.3) is 11.0 Å². The number of nitrogen functional groups attached to an aromatic ring is 1. The summed E-state index contributed by atoms with van der Waals surface area (Å²) >= 11 is 5.90. The van der Waals surface area contributed by atoms with Crippen molar-refractivity contribution in [1.29, 1.82) is 0 Å². The highest BCUT2D eigenvalue weighted by molar-refractivity contribution is 6.31. The molecule has 0 amide bonds. The van der Waals surface area contributed by atoms with Crippen LogP contribution in [0.2, 0.25) is 5.02 Å². The lowest BCUT2D eigenvalue weighted by Gasteiger charge is -2.05. The van der Waals surface area contributed by atoms with Crippen molar-refractivity contribution in [2.75, 3.05) is 19.5 Å². The fraction of sp³-hybridized carbons (Fsp3) is 0.364. The smallest absolute Gasteiger partial charge is 0.201 e. The van der Waals surface area contributed by atoms with Crippen molar-refractivity contribution in [1.82, 2.24) is 9.55 Å². The predicted molar refractivity (Wildman–Crippen MR) is 65.6 cm³/mol. The maximum absolute atomic E-state index is 5.90. The second kappa shape index (κ2) is 4.72. The number of hydrogen-bond acceptors (Lipinski definition) is 3. The second-order valence-electron chi connectivity index (χ2n) is 3.60. The Bertz CT molecular complexity index is 495. The molecule has 0 radical (unpaired) electrons. The van der Waals surface area contributed by atoms with Gasteiger partial charge in [0.25, 0.3) is 0 Å². The van der Waals surface area contributed by atoms with E-state index in [9.17, 15) is 0 Å². The fourth-order valence-electron chi connectivity index (χ4n) is 1.72. The molecule has 2 N–H and O–H groups in total. The average molecular weight is 240 g/mol. The molecule has 0 spiro atoms. The first kappa shape index (κ1) is 11.2. The van der Waals surface area contributed by atoms with Crippen LogP contribution < -0.4 is 5.73 Å². The normalized spacial score (nSPS) is 11.1. The fourth-order valence-corrected chi connectivity index (χ4v) is 1.89. The van der Waals surface area contributed by atoms with Gasteiger partial charge in [0.2, 0.25) is 5.95 Å². The molecular weight excluding hydrogens is 226 g/mol. The molecule has 0 saturated heterocycles. The lowest BCUT2D eigenvalue weighted by molar-refractivity contribution is 0.191. The summed E-state index contributed by atoms with van der Waals surface area (Å²) in [5.74, 6) is 0.522. The van der Waals surface area contributed by atoms with E-state index in [1.807, 2.05) is 22.8 Å². The molecule has 0 saturated carbocycles. The molecule has 0 aliphatic carbocycles. The number of halogens is 1. The number of rotatable bonds is 4. The number of benzene rings is 1. The summed E-state index contributed by atoms with van der Waals surface area (Å²) in [4.78, 5) is 4.27. The van der Waals surface area contributed by atoms with Gasteiger partial charge in [0, 0.05) is 25.3 Å². The third kappa shape index (κ3) is 2.13. The highest BCUT2D eigenvalue weighted by Crippen LogP contribution is 2.21. The van der Waals surface area contributed by atoms with Crippen LogP contribution in [0.5, 0.6) is 0 Å². The van der Waals surface area contributed by atoms with Gasteiger partial charge < -0.3 is 15.0 Å². The van der Waals surface area contributed by atoms with Gasteiger partial charge in [-0.1, -0.05) is 11.6 Å². The van der Waals surface area contributed by atoms with E-state index in [0.29, 0.717) is 17.6 Å². The number of fused-ring (bicyclic) bond motifs is 1. The van der Waals surface area contributed by atoms with Gasteiger partial charge in [-0.05, 0) is 24.6 Å². The predicted octanol–water partition coefficient (Wildman–Crippen LogP) is 2.31. The summed E-state index contributed by atoms with van der Waals surface area (Å²) in [6.07, 6.45) is 0.911. The van der Waals surface area contributed by atoms with E-state index in [1.165, 1.54) is 0 Å². The highest BCUT2D eigenvalue weighted by Gasteiger charge is 2.07. The lowest BCUT2D eigenvalue weighted by Crippen LogP contribution is -2.05. The van der Waals surface area contributed by atoms with Crippen molar-refractivity contribution in [3.8, 4) is 0 Å². The molecule has 5 heteroatoms. The molecule has 0 atom stereocenters. The molecule has 2 aromatic rings. The van der Waals surface area contributed by atoms with Crippen LogP contribution in [0.3, 0.4) is 0 Å². The number of anilines is 1. The van der Waals surface area contributed by atoms with Gasteiger partial charge in [-0.15, -0.1) is 0 Å². The van der Waals surface area contributed by atoms with E-state index in [4.69, 9.17) is 22.1 Å². The first-order valence-corrected chi connectivity index (χ1v) is 5.50. The molecule has 86 valence electrons. The summed E-state index contributed by atoms with van der Waals surface area (Å²) in [7, 11) is 1.69. The minimum atomic E-state index is 0.522. The van der Waals surface area contributed by atoms with Crippen molar-refractivity contribution in [2.24, 2.45) is 0 Å². The lowest BCUT2D eigenvalue weighted by atomic mass is 10.3. The Morgan fingerprint density at radius 2 is 2.31 bits per heavy atom. The van der Waals surface area contributed by atoms with Crippen molar-refractivity contribution >= 4 is 28.6 Å². The molecule has 1 heterocycles. The number of aromatic nitrogens is 2. The topological polar surface area (TPSA) is 53.1 Å². The maximum Gasteiger partial charge on any atom is 0.201 e. The number of hydrogen-bond donors (Lipinski definition) is 1. The Morgan fingerprint density at radius 3 is 3.06 bits per heavy atom. The van der Waals surface area contributed by atoms with Gasteiger partial charge >= 0.3 is 0 Å². The van der Waals surface area contributed by atoms with Crippen LogP contribution in [0, 0.1) is 0 Å². The van der Waals surface area contributed by atoms with Gasteiger partial charge in [-0.25, -0.2) is 4.98 Å². The number of nitrogens with two attached hydrogens (primary N) is 1. The van der Waals surface area contributed by atoms with E-state index in [0.717, 1.165) is 24.0 Å². The molecule has 4 nitrogen and oxygen atoms in total. The Kier molecular flexibility index (Phi) is 3.31. The monoisotopic (exact) mass is 239 g/mol. The number of nitrogens with zero attached hydrogens (tertiary/aromatic N) is 2. The minimum absolute atomic E-state index is 0.522. The van der Waals surface area contributed by atoms with E-state index in [1.54, 1.807) is 7.11 Å². The quantitative estimate of drug-likeness (QED) is 0.833. The summed E-state index contributed by atoms with van der Waals surface area (Å²) in [5.41, 5.74) is 7.70. The molecule has 1 aromatic carbocycles. The van der Waals surface area contributed by atoms with Gasteiger partial charge in [0.15, 0.2) is 0 Å². The zero-order chi connectivity index (χ0) is 11.5. The molecule has 2 rings (SSSR count). The number of ether oxygens (including phenoxy) is 1. The standard InChI is InChI=1S/C11H14ClN3O/c1-16-6-2-5-15-10-4-3-8(12)7-9(10)14-11(15)13/h3-4,7H,2,5-6H2,1H3,(H2,13,14). The molecule has 16 heavy (non-hydrogen) atoms. The first-order valence-electron chi connectivity index (χ1n) is 5.12. The van der Waals surface area contributed by atoms with E-state index in [-0.39, 0.29) is 0 Å². The van der Waals surface area contributed by atoms with Crippen molar-refractivity contribution in [3.05, 3.63) is 23.2 Å². The third-order valence-corrected chi connectivity index (χ3v) is 2.71. The number of methoxy groups -OCH3 is 1. The van der Waals surface area contributed by atoms with Gasteiger partial charge in [0.1, 0.15) is 0 Å².